The van der Waals surface area contributed by atoms with E-state index in [1.165, 1.54) is 6.42 Å². The van der Waals surface area contributed by atoms with Crippen molar-refractivity contribution >= 4 is 16.8 Å². The summed E-state index contributed by atoms with van der Waals surface area (Å²) in [6.45, 7) is 3.33. The number of hydrogen-bond donors (Lipinski definition) is 1. The van der Waals surface area contributed by atoms with Gasteiger partial charge >= 0.3 is 0 Å². The van der Waals surface area contributed by atoms with Crippen LogP contribution in [0.2, 0.25) is 0 Å². The minimum absolute atomic E-state index is 0.0629. The number of nitrogens with zero attached hydrogens (tertiary/aromatic N) is 5. The molecule has 4 heterocycles. The molecule has 1 aliphatic heterocycles. The van der Waals surface area contributed by atoms with Gasteiger partial charge in [-0.3, -0.25) is 9.78 Å². The number of H-pyrrole nitrogens is 1. The van der Waals surface area contributed by atoms with Crippen LogP contribution in [0.5, 0.6) is 5.75 Å². The van der Waals surface area contributed by atoms with Crippen molar-refractivity contribution in [3.63, 3.8) is 0 Å². The van der Waals surface area contributed by atoms with Gasteiger partial charge in [-0.05, 0) is 62.2 Å². The van der Waals surface area contributed by atoms with Crippen molar-refractivity contribution in [3.8, 4) is 17.1 Å². The average Bonchev–Trinajstić information content (AvgIpc) is 3.30. The first-order valence-corrected chi connectivity index (χ1v) is 12.7. The molecule has 2 aliphatic rings. The molecule has 2 fully saturated rings. The summed E-state index contributed by atoms with van der Waals surface area (Å²) in [5.41, 5.74) is 4.25. The summed E-state index contributed by atoms with van der Waals surface area (Å²) in [6, 6.07) is 13.9. The molecule has 8 nitrogen and oxygen atoms in total. The zero-order chi connectivity index (χ0) is 24.5. The van der Waals surface area contributed by atoms with E-state index >= 15 is 0 Å². The molecule has 36 heavy (non-hydrogen) atoms. The quantitative estimate of drug-likeness (QED) is 0.448. The number of benzene rings is 1. The van der Waals surface area contributed by atoms with E-state index in [9.17, 15) is 4.79 Å². The van der Waals surface area contributed by atoms with Crippen LogP contribution in [0.1, 0.15) is 41.1 Å². The Labute approximate surface area is 210 Å². The average molecular weight is 483 g/mol. The number of nitrogens with one attached hydrogen (secondary N) is 1. The van der Waals surface area contributed by atoms with E-state index in [0.29, 0.717) is 18.2 Å². The predicted molar refractivity (Wildman–Crippen MR) is 138 cm³/mol. The third-order valence-corrected chi connectivity index (χ3v) is 7.12. The highest BCUT2D eigenvalue weighted by Gasteiger charge is 2.22. The number of hydrogen-bond acceptors (Lipinski definition) is 6. The minimum atomic E-state index is 0.0629. The Kier molecular flexibility index (Phi) is 6.11. The standard InChI is InChI=1S/C28H30N6O2/c1-33-11-13-34(14-12-33)28(35)26-17-20-15-19(5-6-23(20)31-26)16-27-30-10-8-24(32-27)25-18-22(7-9-29-25)36-21-3-2-4-21/h5-10,15,17-18,21,31H,2-4,11-14,16H2,1H3. The van der Waals surface area contributed by atoms with Gasteiger partial charge in [0.1, 0.15) is 17.3 Å². The smallest absolute Gasteiger partial charge is 0.270 e. The highest BCUT2D eigenvalue weighted by Crippen LogP contribution is 2.27. The lowest BCUT2D eigenvalue weighted by atomic mass is 9.96. The number of ether oxygens (including phenoxy) is 1. The molecule has 1 aromatic carbocycles. The molecule has 3 aromatic heterocycles. The van der Waals surface area contributed by atoms with Gasteiger partial charge in [0.2, 0.25) is 0 Å². The van der Waals surface area contributed by atoms with Crippen molar-refractivity contribution in [2.45, 2.75) is 31.8 Å². The Morgan fingerprint density at radius 1 is 1.00 bits per heavy atom. The normalized spacial score (nSPS) is 16.8. The lowest BCUT2D eigenvalue weighted by Crippen LogP contribution is -2.47. The molecule has 1 N–H and O–H groups in total. The third kappa shape index (κ3) is 4.81. The number of carbonyl (C=O) groups excluding carboxylic acids is 1. The molecule has 1 aliphatic carbocycles. The molecular formula is C28H30N6O2. The Morgan fingerprint density at radius 2 is 1.83 bits per heavy atom. The molecule has 0 bridgehead atoms. The van der Waals surface area contributed by atoms with E-state index in [2.05, 4.69) is 39.0 Å². The first-order valence-electron chi connectivity index (χ1n) is 12.7. The lowest BCUT2D eigenvalue weighted by Gasteiger charge is -2.32. The summed E-state index contributed by atoms with van der Waals surface area (Å²) in [5, 5.41) is 1.02. The van der Waals surface area contributed by atoms with Crippen molar-refractivity contribution < 1.29 is 9.53 Å². The Balaban J connectivity index is 1.18. The van der Waals surface area contributed by atoms with Crippen molar-refractivity contribution in [1.82, 2.24) is 29.7 Å². The third-order valence-electron chi connectivity index (χ3n) is 7.12. The second-order valence-corrected chi connectivity index (χ2v) is 9.78. The van der Waals surface area contributed by atoms with Crippen LogP contribution < -0.4 is 4.74 Å². The van der Waals surface area contributed by atoms with E-state index in [1.54, 1.807) is 12.4 Å². The highest BCUT2D eigenvalue weighted by atomic mass is 16.5. The van der Waals surface area contributed by atoms with Crippen LogP contribution in [0.25, 0.3) is 22.3 Å². The van der Waals surface area contributed by atoms with Gasteiger partial charge in [-0.1, -0.05) is 6.07 Å². The summed E-state index contributed by atoms with van der Waals surface area (Å²) < 4.78 is 6.03. The number of fused-ring (bicyclic) bond motifs is 1. The van der Waals surface area contributed by atoms with Crippen LogP contribution in [-0.4, -0.2) is 75.0 Å². The molecule has 1 amide bonds. The van der Waals surface area contributed by atoms with Crippen molar-refractivity contribution in [2.75, 3.05) is 33.2 Å². The molecule has 184 valence electrons. The Bertz CT molecular complexity index is 1390. The molecule has 4 aromatic rings. The summed E-state index contributed by atoms with van der Waals surface area (Å²) in [7, 11) is 2.09. The van der Waals surface area contributed by atoms with E-state index in [4.69, 9.17) is 9.72 Å². The predicted octanol–water partition coefficient (Wildman–Crippen LogP) is 3.93. The number of likely N-dealkylation sites (N-methyl/N-ethyl adjacent to an activating group) is 1. The van der Waals surface area contributed by atoms with Crippen molar-refractivity contribution in [2.24, 2.45) is 0 Å². The summed E-state index contributed by atoms with van der Waals surface area (Å²) in [6.07, 6.45) is 7.93. The molecule has 0 radical (unpaired) electrons. The number of carbonyl (C=O) groups is 1. The number of aromatic nitrogens is 4. The molecule has 0 spiro atoms. The Hall–Kier alpha value is -3.78. The van der Waals surface area contributed by atoms with Crippen LogP contribution in [0, 0.1) is 0 Å². The Morgan fingerprint density at radius 3 is 2.64 bits per heavy atom. The second-order valence-electron chi connectivity index (χ2n) is 9.78. The topological polar surface area (TPSA) is 87.2 Å². The van der Waals surface area contributed by atoms with E-state index in [0.717, 1.165) is 78.4 Å². The summed E-state index contributed by atoms with van der Waals surface area (Å²) in [5.74, 6) is 1.63. The number of piperazine rings is 1. The van der Waals surface area contributed by atoms with Crippen molar-refractivity contribution in [3.05, 3.63) is 71.9 Å². The van der Waals surface area contributed by atoms with Crippen LogP contribution in [0.4, 0.5) is 0 Å². The van der Waals surface area contributed by atoms with E-state index in [-0.39, 0.29) is 5.91 Å². The monoisotopic (exact) mass is 482 g/mol. The molecule has 0 unspecified atom stereocenters. The van der Waals surface area contributed by atoms with Crippen molar-refractivity contribution in [1.29, 1.82) is 0 Å². The zero-order valence-corrected chi connectivity index (χ0v) is 20.5. The zero-order valence-electron chi connectivity index (χ0n) is 20.5. The van der Waals surface area contributed by atoms with Gasteiger partial charge in [-0.25, -0.2) is 9.97 Å². The van der Waals surface area contributed by atoms with Gasteiger partial charge in [0, 0.05) is 62.0 Å². The van der Waals surface area contributed by atoms with E-state index < -0.39 is 0 Å². The fourth-order valence-electron chi connectivity index (χ4n) is 4.70. The maximum atomic E-state index is 13.0. The summed E-state index contributed by atoms with van der Waals surface area (Å²) in [4.78, 5) is 34.2. The number of pyridine rings is 1. The maximum Gasteiger partial charge on any atom is 0.270 e. The first-order chi connectivity index (χ1) is 17.6. The molecule has 0 atom stereocenters. The molecule has 8 heteroatoms. The number of rotatable bonds is 6. The van der Waals surface area contributed by atoms with E-state index in [1.807, 2.05) is 35.2 Å². The summed E-state index contributed by atoms with van der Waals surface area (Å²) >= 11 is 0. The number of aromatic amines is 1. The first kappa shape index (κ1) is 22.7. The van der Waals surface area contributed by atoms with Crippen LogP contribution >= 0.6 is 0 Å². The van der Waals surface area contributed by atoms with Crippen LogP contribution in [-0.2, 0) is 6.42 Å². The van der Waals surface area contributed by atoms with Gasteiger partial charge in [0.15, 0.2) is 0 Å². The molecule has 1 saturated carbocycles. The largest absolute Gasteiger partial charge is 0.490 e. The molecule has 1 saturated heterocycles. The van der Waals surface area contributed by atoms with Crippen LogP contribution in [0.15, 0.2) is 54.9 Å². The van der Waals surface area contributed by atoms with Gasteiger partial charge in [-0.15, -0.1) is 0 Å². The molecular weight excluding hydrogens is 452 g/mol. The molecule has 6 rings (SSSR count). The second kappa shape index (κ2) is 9.70. The van der Waals surface area contributed by atoms with Gasteiger partial charge in [0.25, 0.3) is 5.91 Å². The van der Waals surface area contributed by atoms with Gasteiger partial charge < -0.3 is 19.5 Å². The maximum absolute atomic E-state index is 13.0. The van der Waals surface area contributed by atoms with Gasteiger partial charge in [0.05, 0.1) is 17.5 Å². The van der Waals surface area contributed by atoms with Gasteiger partial charge in [-0.2, -0.15) is 0 Å². The number of amides is 1. The lowest BCUT2D eigenvalue weighted by molar-refractivity contribution is 0.0659. The fraction of sp³-hybridized carbons (Fsp3) is 0.357. The minimum Gasteiger partial charge on any atom is -0.490 e. The SMILES string of the molecule is CN1CCN(C(=O)c2cc3cc(Cc4nccc(-c5cc(OC6CCC6)ccn5)n4)ccc3[nH]2)CC1. The highest BCUT2D eigenvalue weighted by molar-refractivity contribution is 5.98. The fourth-order valence-corrected chi connectivity index (χ4v) is 4.70. The van der Waals surface area contributed by atoms with Crippen LogP contribution in [0.3, 0.4) is 0 Å².